The van der Waals surface area contributed by atoms with Gasteiger partial charge < -0.3 is 15.7 Å². The number of nitrogens with two attached hydrogens (primary N) is 1. The molecule has 0 aromatic carbocycles. The van der Waals surface area contributed by atoms with E-state index < -0.39 is 18.1 Å². The third-order valence-corrected chi connectivity index (χ3v) is 2.85. The lowest BCUT2D eigenvalue weighted by atomic mass is 10.2. The van der Waals surface area contributed by atoms with E-state index in [2.05, 4.69) is 0 Å². The number of carboxylic acid groups (broad SMARTS) is 1. The van der Waals surface area contributed by atoms with Crippen LogP contribution in [0.5, 0.6) is 0 Å². The first-order valence-corrected chi connectivity index (χ1v) is 5.06. The van der Waals surface area contributed by atoms with Gasteiger partial charge in [-0.05, 0) is 6.92 Å². The minimum atomic E-state index is -0.959. The van der Waals surface area contributed by atoms with E-state index in [1.807, 2.05) is 0 Å². The molecule has 1 saturated heterocycles. The summed E-state index contributed by atoms with van der Waals surface area (Å²) >= 11 is 1.43. The topological polar surface area (TPSA) is 83.6 Å². The molecule has 1 aliphatic rings. The number of amides is 1. The highest BCUT2D eigenvalue weighted by molar-refractivity contribution is 7.99. The molecular weight excluding hydrogens is 192 g/mol. The molecule has 0 bridgehead atoms. The number of carboxylic acids is 1. The van der Waals surface area contributed by atoms with E-state index in [0.717, 1.165) is 0 Å². The Kier molecular flexibility index (Phi) is 3.16. The molecule has 0 aliphatic carbocycles. The maximum absolute atomic E-state index is 11.4. The van der Waals surface area contributed by atoms with Crippen LogP contribution in [0.25, 0.3) is 0 Å². The van der Waals surface area contributed by atoms with Gasteiger partial charge in [0.1, 0.15) is 6.04 Å². The van der Waals surface area contributed by atoms with Gasteiger partial charge in [0, 0.05) is 5.75 Å². The average molecular weight is 204 g/mol. The fourth-order valence-electron chi connectivity index (χ4n) is 1.13. The Morgan fingerprint density at radius 2 is 2.31 bits per heavy atom. The minimum Gasteiger partial charge on any atom is -0.480 e. The van der Waals surface area contributed by atoms with Gasteiger partial charge in [-0.2, -0.15) is 0 Å². The monoisotopic (exact) mass is 204 g/mol. The average Bonchev–Trinajstić information content (AvgIpc) is 2.50. The molecule has 0 unspecified atom stereocenters. The van der Waals surface area contributed by atoms with Crippen molar-refractivity contribution in [2.75, 3.05) is 11.6 Å². The van der Waals surface area contributed by atoms with Crippen LogP contribution in [0.15, 0.2) is 0 Å². The number of aliphatic carboxylic acids is 1. The minimum absolute atomic E-state index is 0.294. The summed E-state index contributed by atoms with van der Waals surface area (Å²) in [5, 5.41) is 8.77. The zero-order valence-corrected chi connectivity index (χ0v) is 8.08. The highest BCUT2D eigenvalue weighted by Gasteiger charge is 2.35. The predicted octanol–water partition coefficient (Wildman–Crippen LogP) is -0.680. The molecule has 6 heteroatoms. The summed E-state index contributed by atoms with van der Waals surface area (Å²) in [6.45, 7) is 1.56. The molecular formula is C7H12N2O3S. The molecule has 3 N–H and O–H groups in total. The number of thioether (sulfide) groups is 1. The molecule has 1 heterocycles. The standard InChI is InChI=1S/C7H12N2O3S/c1-4(8)6(10)9-3-13-2-5(9)7(11)12/h4-5H,2-3,8H2,1H3,(H,11,12)/t4-,5-/m0/s1. The van der Waals surface area contributed by atoms with E-state index in [-0.39, 0.29) is 5.91 Å². The SMILES string of the molecule is C[C@H](N)C(=O)N1CSC[C@H]1C(=O)O. The van der Waals surface area contributed by atoms with Gasteiger partial charge in [0.15, 0.2) is 0 Å². The number of rotatable bonds is 2. The summed E-state index contributed by atoms with van der Waals surface area (Å²) in [5.74, 6) is -0.373. The first-order valence-electron chi connectivity index (χ1n) is 3.90. The third kappa shape index (κ3) is 2.13. The lowest BCUT2D eigenvalue weighted by Crippen LogP contribution is -2.48. The van der Waals surface area contributed by atoms with Gasteiger partial charge in [-0.15, -0.1) is 11.8 Å². The summed E-state index contributed by atoms with van der Waals surface area (Å²) in [7, 11) is 0. The smallest absolute Gasteiger partial charge is 0.327 e. The van der Waals surface area contributed by atoms with Gasteiger partial charge in [0.25, 0.3) is 0 Å². The second-order valence-electron chi connectivity index (χ2n) is 2.95. The van der Waals surface area contributed by atoms with Gasteiger partial charge in [-0.25, -0.2) is 4.79 Å². The van der Waals surface area contributed by atoms with Crippen LogP contribution < -0.4 is 5.73 Å². The molecule has 2 atom stereocenters. The number of carbonyl (C=O) groups excluding carboxylic acids is 1. The van der Waals surface area contributed by atoms with Crippen molar-refractivity contribution in [3.05, 3.63) is 0 Å². The highest BCUT2D eigenvalue weighted by Crippen LogP contribution is 2.21. The summed E-state index contributed by atoms with van der Waals surface area (Å²) in [6, 6.07) is -1.33. The molecule has 74 valence electrons. The fraction of sp³-hybridized carbons (Fsp3) is 0.714. The van der Waals surface area contributed by atoms with Crippen molar-refractivity contribution < 1.29 is 14.7 Å². The second-order valence-corrected chi connectivity index (χ2v) is 3.95. The quantitative estimate of drug-likeness (QED) is 0.622. The zero-order valence-electron chi connectivity index (χ0n) is 7.27. The maximum Gasteiger partial charge on any atom is 0.327 e. The maximum atomic E-state index is 11.4. The van der Waals surface area contributed by atoms with E-state index in [4.69, 9.17) is 10.8 Å². The highest BCUT2D eigenvalue weighted by atomic mass is 32.2. The molecule has 0 aromatic rings. The van der Waals surface area contributed by atoms with Crippen molar-refractivity contribution in [1.82, 2.24) is 4.90 Å². The van der Waals surface area contributed by atoms with Crippen molar-refractivity contribution in [3.63, 3.8) is 0 Å². The Morgan fingerprint density at radius 1 is 1.69 bits per heavy atom. The van der Waals surface area contributed by atoms with Gasteiger partial charge in [-0.3, -0.25) is 4.79 Å². The van der Waals surface area contributed by atoms with Crippen molar-refractivity contribution in [2.45, 2.75) is 19.0 Å². The molecule has 1 rings (SSSR count). The summed E-state index contributed by atoms with van der Waals surface area (Å²) < 4.78 is 0. The fourth-order valence-corrected chi connectivity index (χ4v) is 2.28. The molecule has 0 aromatic heterocycles. The van der Waals surface area contributed by atoms with Crippen LogP contribution in [0.1, 0.15) is 6.92 Å². The zero-order chi connectivity index (χ0) is 10.0. The Morgan fingerprint density at radius 3 is 2.77 bits per heavy atom. The van der Waals surface area contributed by atoms with Gasteiger partial charge in [-0.1, -0.05) is 0 Å². The Bertz CT molecular complexity index is 232. The van der Waals surface area contributed by atoms with Crippen molar-refractivity contribution in [3.8, 4) is 0 Å². The lowest BCUT2D eigenvalue weighted by Gasteiger charge is -2.21. The van der Waals surface area contributed by atoms with E-state index in [9.17, 15) is 9.59 Å². The summed E-state index contributed by atoms with van der Waals surface area (Å²) in [6.07, 6.45) is 0. The van der Waals surface area contributed by atoms with E-state index in [1.54, 1.807) is 6.92 Å². The van der Waals surface area contributed by atoms with Gasteiger partial charge in [0.2, 0.25) is 5.91 Å². The van der Waals surface area contributed by atoms with E-state index in [0.29, 0.717) is 11.6 Å². The molecule has 13 heavy (non-hydrogen) atoms. The molecule has 1 aliphatic heterocycles. The molecule has 0 saturated carbocycles. The molecule has 1 amide bonds. The molecule has 0 spiro atoms. The van der Waals surface area contributed by atoms with Gasteiger partial charge >= 0.3 is 5.97 Å². The van der Waals surface area contributed by atoms with Crippen LogP contribution in [0, 0.1) is 0 Å². The summed E-state index contributed by atoms with van der Waals surface area (Å²) in [5.41, 5.74) is 5.38. The molecule has 5 nitrogen and oxygen atoms in total. The van der Waals surface area contributed by atoms with Crippen LogP contribution in [0.2, 0.25) is 0 Å². The lowest BCUT2D eigenvalue weighted by molar-refractivity contribution is -0.148. The van der Waals surface area contributed by atoms with Crippen LogP contribution >= 0.6 is 11.8 Å². The van der Waals surface area contributed by atoms with Crippen LogP contribution in [-0.2, 0) is 9.59 Å². The third-order valence-electron chi connectivity index (χ3n) is 1.84. The van der Waals surface area contributed by atoms with Crippen molar-refractivity contribution in [1.29, 1.82) is 0 Å². The Hall–Kier alpha value is -0.750. The Labute approximate surface area is 80.3 Å². The van der Waals surface area contributed by atoms with E-state index >= 15 is 0 Å². The second kappa shape index (κ2) is 3.97. The number of hydrogen-bond donors (Lipinski definition) is 2. The number of carbonyl (C=O) groups is 2. The largest absolute Gasteiger partial charge is 0.480 e. The Balaban J connectivity index is 2.68. The van der Waals surface area contributed by atoms with Crippen molar-refractivity contribution in [2.24, 2.45) is 5.73 Å². The number of nitrogens with zero attached hydrogens (tertiary/aromatic N) is 1. The first-order chi connectivity index (χ1) is 6.04. The summed E-state index contributed by atoms with van der Waals surface area (Å²) in [4.78, 5) is 23.4. The van der Waals surface area contributed by atoms with E-state index in [1.165, 1.54) is 16.7 Å². The predicted molar refractivity (Wildman–Crippen MR) is 49.2 cm³/mol. The molecule has 0 radical (unpaired) electrons. The van der Waals surface area contributed by atoms with Crippen LogP contribution in [-0.4, -0.2) is 45.6 Å². The normalized spacial score (nSPS) is 24.5. The first kappa shape index (κ1) is 10.3. The number of hydrogen-bond acceptors (Lipinski definition) is 4. The van der Waals surface area contributed by atoms with Crippen LogP contribution in [0.3, 0.4) is 0 Å². The van der Waals surface area contributed by atoms with Gasteiger partial charge in [0.05, 0.1) is 11.9 Å². The van der Waals surface area contributed by atoms with Crippen molar-refractivity contribution >= 4 is 23.6 Å². The molecule has 1 fully saturated rings. The van der Waals surface area contributed by atoms with Crippen LogP contribution in [0.4, 0.5) is 0 Å².